The summed E-state index contributed by atoms with van der Waals surface area (Å²) in [6, 6.07) is 8.90. The second-order valence-electron chi connectivity index (χ2n) is 4.21. The Morgan fingerprint density at radius 1 is 1.00 bits per heavy atom. The summed E-state index contributed by atoms with van der Waals surface area (Å²) < 4.78 is 0. The van der Waals surface area contributed by atoms with Crippen molar-refractivity contribution in [3.63, 3.8) is 0 Å². The molecule has 1 fully saturated rings. The standard InChI is InChI=1S/C14H18.CH4/c1-2-12-8-10-14(11-9-12)13-6-4-3-5-7-13;/h2,8-11,13H,1,3-7H2;1H4. The maximum atomic E-state index is 3.77. The third kappa shape index (κ3) is 2.95. The van der Waals surface area contributed by atoms with E-state index in [-0.39, 0.29) is 7.43 Å². The topological polar surface area (TPSA) is 0 Å². The first-order chi connectivity index (χ1) is 6.90. The minimum absolute atomic E-state index is 0. The maximum Gasteiger partial charge on any atom is -0.0162 e. The van der Waals surface area contributed by atoms with Gasteiger partial charge in [0.25, 0.3) is 0 Å². The van der Waals surface area contributed by atoms with Gasteiger partial charge >= 0.3 is 0 Å². The summed E-state index contributed by atoms with van der Waals surface area (Å²) in [5.74, 6) is 0.822. The summed E-state index contributed by atoms with van der Waals surface area (Å²) in [6.45, 7) is 3.77. The van der Waals surface area contributed by atoms with Crippen LogP contribution in [0.2, 0.25) is 0 Å². The molecule has 0 heterocycles. The highest BCUT2D eigenvalue weighted by Crippen LogP contribution is 2.32. The van der Waals surface area contributed by atoms with E-state index in [0.717, 1.165) is 5.92 Å². The molecular formula is C15H22. The van der Waals surface area contributed by atoms with E-state index in [4.69, 9.17) is 0 Å². The highest BCUT2D eigenvalue weighted by Gasteiger charge is 2.14. The van der Waals surface area contributed by atoms with E-state index >= 15 is 0 Å². The molecule has 15 heavy (non-hydrogen) atoms. The van der Waals surface area contributed by atoms with Crippen LogP contribution in [0.25, 0.3) is 6.08 Å². The molecule has 0 atom stereocenters. The highest BCUT2D eigenvalue weighted by atomic mass is 14.2. The second-order valence-corrected chi connectivity index (χ2v) is 4.21. The van der Waals surface area contributed by atoms with Crippen LogP contribution >= 0.6 is 0 Å². The fourth-order valence-electron chi connectivity index (χ4n) is 2.34. The molecule has 1 aromatic rings. The van der Waals surface area contributed by atoms with Gasteiger partial charge in [0.05, 0.1) is 0 Å². The van der Waals surface area contributed by atoms with Gasteiger partial charge in [0, 0.05) is 0 Å². The van der Waals surface area contributed by atoms with E-state index in [1.54, 1.807) is 0 Å². The first-order valence-electron chi connectivity index (χ1n) is 5.62. The second kappa shape index (κ2) is 5.75. The normalized spacial score (nSPS) is 16.8. The molecule has 0 aliphatic heterocycles. The van der Waals surface area contributed by atoms with Crippen LogP contribution in [0.3, 0.4) is 0 Å². The van der Waals surface area contributed by atoms with Gasteiger partial charge in [-0.05, 0) is 29.9 Å². The molecule has 2 rings (SSSR count). The third-order valence-electron chi connectivity index (χ3n) is 3.25. The van der Waals surface area contributed by atoms with E-state index < -0.39 is 0 Å². The van der Waals surface area contributed by atoms with Gasteiger partial charge < -0.3 is 0 Å². The Labute approximate surface area is 94.0 Å². The molecule has 0 saturated heterocycles. The van der Waals surface area contributed by atoms with Gasteiger partial charge in [-0.25, -0.2) is 0 Å². The molecular weight excluding hydrogens is 180 g/mol. The number of hydrogen-bond acceptors (Lipinski definition) is 0. The maximum absolute atomic E-state index is 3.77. The lowest BCUT2D eigenvalue weighted by Gasteiger charge is -2.21. The molecule has 1 aliphatic carbocycles. The van der Waals surface area contributed by atoms with Crippen LogP contribution in [-0.4, -0.2) is 0 Å². The van der Waals surface area contributed by atoms with Gasteiger partial charge in [0.1, 0.15) is 0 Å². The van der Waals surface area contributed by atoms with Crippen molar-refractivity contribution in [2.75, 3.05) is 0 Å². The van der Waals surface area contributed by atoms with Gasteiger partial charge in [-0.2, -0.15) is 0 Å². The minimum Gasteiger partial charge on any atom is -0.0985 e. The molecule has 0 bridgehead atoms. The van der Waals surface area contributed by atoms with Crippen molar-refractivity contribution in [3.05, 3.63) is 42.0 Å². The van der Waals surface area contributed by atoms with Crippen LogP contribution in [0.1, 0.15) is 56.6 Å². The van der Waals surface area contributed by atoms with Gasteiger partial charge in [0.15, 0.2) is 0 Å². The summed E-state index contributed by atoms with van der Waals surface area (Å²) in [4.78, 5) is 0. The van der Waals surface area contributed by atoms with E-state index in [2.05, 4.69) is 30.8 Å². The van der Waals surface area contributed by atoms with E-state index in [1.807, 2.05) is 6.08 Å². The van der Waals surface area contributed by atoms with Crippen molar-refractivity contribution >= 4 is 6.08 Å². The van der Waals surface area contributed by atoms with Crippen molar-refractivity contribution in [1.29, 1.82) is 0 Å². The van der Waals surface area contributed by atoms with Crippen LogP contribution in [0.4, 0.5) is 0 Å². The lowest BCUT2D eigenvalue weighted by molar-refractivity contribution is 0.443. The lowest BCUT2D eigenvalue weighted by atomic mass is 9.84. The summed E-state index contributed by atoms with van der Waals surface area (Å²) >= 11 is 0. The molecule has 0 heteroatoms. The molecule has 82 valence electrons. The monoisotopic (exact) mass is 202 g/mol. The number of rotatable bonds is 2. The Morgan fingerprint density at radius 3 is 2.13 bits per heavy atom. The molecule has 0 spiro atoms. The molecule has 1 aromatic carbocycles. The van der Waals surface area contributed by atoms with Crippen molar-refractivity contribution in [2.24, 2.45) is 0 Å². The molecule has 0 nitrogen and oxygen atoms in total. The van der Waals surface area contributed by atoms with Crippen molar-refractivity contribution < 1.29 is 0 Å². The summed E-state index contributed by atoms with van der Waals surface area (Å²) in [5.41, 5.74) is 2.75. The summed E-state index contributed by atoms with van der Waals surface area (Å²) in [6.07, 6.45) is 8.93. The van der Waals surface area contributed by atoms with Crippen LogP contribution in [0.5, 0.6) is 0 Å². The van der Waals surface area contributed by atoms with Crippen LogP contribution in [0, 0.1) is 0 Å². The first-order valence-corrected chi connectivity index (χ1v) is 5.62. The molecule has 0 amide bonds. The molecule has 0 N–H and O–H groups in total. The Hall–Kier alpha value is -1.04. The smallest absolute Gasteiger partial charge is 0.0162 e. The van der Waals surface area contributed by atoms with Crippen molar-refractivity contribution in [2.45, 2.75) is 45.4 Å². The Bertz CT molecular complexity index is 288. The summed E-state index contributed by atoms with van der Waals surface area (Å²) in [7, 11) is 0. The molecule has 0 radical (unpaired) electrons. The highest BCUT2D eigenvalue weighted by molar-refractivity contribution is 5.47. The largest absolute Gasteiger partial charge is 0.0985 e. The van der Waals surface area contributed by atoms with Gasteiger partial charge in [0.2, 0.25) is 0 Å². The molecule has 1 aliphatic rings. The predicted octanol–water partition coefficient (Wildman–Crippen LogP) is 5.01. The fraction of sp³-hybridized carbons (Fsp3) is 0.467. The van der Waals surface area contributed by atoms with E-state index in [1.165, 1.54) is 43.2 Å². The van der Waals surface area contributed by atoms with E-state index in [0.29, 0.717) is 0 Å². The molecule has 0 unspecified atom stereocenters. The SMILES string of the molecule is C.C=Cc1ccc(C2CCCCC2)cc1. The summed E-state index contributed by atoms with van der Waals surface area (Å²) in [5, 5.41) is 0. The van der Waals surface area contributed by atoms with Gasteiger partial charge in [-0.3, -0.25) is 0 Å². The van der Waals surface area contributed by atoms with Crippen LogP contribution in [-0.2, 0) is 0 Å². The van der Waals surface area contributed by atoms with Crippen LogP contribution < -0.4 is 0 Å². The fourth-order valence-corrected chi connectivity index (χ4v) is 2.34. The minimum atomic E-state index is 0. The zero-order valence-electron chi connectivity index (χ0n) is 8.71. The molecule has 0 aromatic heterocycles. The average molecular weight is 202 g/mol. The molecule has 1 saturated carbocycles. The lowest BCUT2D eigenvalue weighted by Crippen LogP contribution is -2.04. The predicted molar refractivity (Wildman–Crippen MR) is 69.1 cm³/mol. The van der Waals surface area contributed by atoms with Crippen LogP contribution in [0.15, 0.2) is 30.8 Å². The number of hydrogen-bond donors (Lipinski definition) is 0. The zero-order chi connectivity index (χ0) is 9.80. The third-order valence-corrected chi connectivity index (χ3v) is 3.25. The zero-order valence-corrected chi connectivity index (χ0v) is 8.71. The quantitative estimate of drug-likeness (QED) is 0.632. The van der Waals surface area contributed by atoms with Crippen molar-refractivity contribution in [3.8, 4) is 0 Å². The Kier molecular flexibility index (Phi) is 4.61. The average Bonchev–Trinajstić information content (AvgIpc) is 2.30. The number of benzene rings is 1. The van der Waals surface area contributed by atoms with Gasteiger partial charge in [-0.1, -0.05) is 63.6 Å². The van der Waals surface area contributed by atoms with Gasteiger partial charge in [-0.15, -0.1) is 0 Å². The first kappa shape index (κ1) is 12.0. The Balaban J connectivity index is 0.00000112. The Morgan fingerprint density at radius 2 is 1.60 bits per heavy atom. The van der Waals surface area contributed by atoms with Crippen molar-refractivity contribution in [1.82, 2.24) is 0 Å². The van der Waals surface area contributed by atoms with E-state index in [9.17, 15) is 0 Å².